The highest BCUT2D eigenvalue weighted by Gasteiger charge is 2.30. The van der Waals surface area contributed by atoms with Crippen LogP contribution in [0.25, 0.3) is 0 Å². The van der Waals surface area contributed by atoms with Gasteiger partial charge in [-0.25, -0.2) is 4.98 Å². The van der Waals surface area contributed by atoms with Gasteiger partial charge in [-0.05, 0) is 32.1 Å². The van der Waals surface area contributed by atoms with Gasteiger partial charge in [0.05, 0.1) is 6.20 Å². The van der Waals surface area contributed by atoms with Crippen LogP contribution < -0.4 is 5.32 Å². The zero-order valence-corrected chi connectivity index (χ0v) is 12.2. The Labute approximate surface area is 118 Å². The van der Waals surface area contributed by atoms with E-state index in [2.05, 4.69) is 15.3 Å². The first-order chi connectivity index (χ1) is 9.08. The summed E-state index contributed by atoms with van der Waals surface area (Å²) in [7, 11) is 0. The summed E-state index contributed by atoms with van der Waals surface area (Å²) < 4.78 is 0. The third kappa shape index (κ3) is 5.57. The summed E-state index contributed by atoms with van der Waals surface area (Å²) in [6, 6.07) is 0. The van der Waals surface area contributed by atoms with Crippen LogP contribution in [0.4, 0.5) is 0 Å². The molecule has 1 rings (SSSR count). The van der Waals surface area contributed by atoms with Gasteiger partial charge in [-0.1, -0.05) is 13.3 Å². The minimum absolute atomic E-state index is 0.636. The van der Waals surface area contributed by atoms with Gasteiger partial charge in [-0.15, -0.1) is 11.8 Å². The van der Waals surface area contributed by atoms with Crippen LogP contribution in [0.5, 0.6) is 0 Å². The first-order valence-corrected chi connectivity index (χ1v) is 7.44. The Kier molecular flexibility index (Phi) is 6.80. The van der Waals surface area contributed by atoms with Gasteiger partial charge in [-0.2, -0.15) is 0 Å². The first-order valence-electron chi connectivity index (χ1n) is 6.45. The zero-order valence-electron chi connectivity index (χ0n) is 11.4. The van der Waals surface area contributed by atoms with Crippen LogP contribution >= 0.6 is 11.8 Å². The van der Waals surface area contributed by atoms with Crippen LogP contribution in [0.1, 0.15) is 33.1 Å². The Bertz CT molecular complexity index is 389. The average Bonchev–Trinajstić information content (AvgIpc) is 2.39. The zero-order chi connectivity index (χ0) is 14.1. The van der Waals surface area contributed by atoms with Crippen LogP contribution in [-0.2, 0) is 4.79 Å². The van der Waals surface area contributed by atoms with Crippen molar-refractivity contribution in [1.29, 1.82) is 0 Å². The van der Waals surface area contributed by atoms with Gasteiger partial charge in [0.25, 0.3) is 0 Å². The normalized spacial score (nSPS) is 14.0. The standard InChI is InChI=1S/C13H21N3O2S/c1-3-16-13(2,12(17)18)6-4-5-9-19-11-10-14-7-8-15-11/h7-8,10,16H,3-6,9H2,1-2H3,(H,17,18). The number of rotatable bonds is 9. The Morgan fingerprint density at radius 1 is 1.47 bits per heavy atom. The van der Waals surface area contributed by atoms with Crippen molar-refractivity contribution in [1.82, 2.24) is 15.3 Å². The second-order valence-corrected chi connectivity index (χ2v) is 5.63. The molecule has 6 heteroatoms. The fourth-order valence-electron chi connectivity index (χ4n) is 1.78. The minimum Gasteiger partial charge on any atom is -0.480 e. The number of hydrogen-bond acceptors (Lipinski definition) is 5. The van der Waals surface area contributed by atoms with Crippen LogP contribution in [0, 0.1) is 0 Å². The smallest absolute Gasteiger partial charge is 0.323 e. The van der Waals surface area contributed by atoms with Crippen molar-refractivity contribution in [3.8, 4) is 0 Å². The van der Waals surface area contributed by atoms with Crippen molar-refractivity contribution < 1.29 is 9.90 Å². The molecular weight excluding hydrogens is 262 g/mol. The van der Waals surface area contributed by atoms with Crippen molar-refractivity contribution in [3.05, 3.63) is 18.6 Å². The van der Waals surface area contributed by atoms with Crippen LogP contribution in [-0.4, -0.2) is 38.9 Å². The molecular formula is C13H21N3O2S. The molecule has 0 aliphatic carbocycles. The summed E-state index contributed by atoms with van der Waals surface area (Å²) in [4.78, 5) is 19.4. The molecule has 0 aliphatic rings. The molecule has 1 unspecified atom stereocenters. The van der Waals surface area contributed by atoms with E-state index in [9.17, 15) is 9.90 Å². The number of thioether (sulfide) groups is 1. The largest absolute Gasteiger partial charge is 0.480 e. The lowest BCUT2D eigenvalue weighted by Crippen LogP contribution is -2.49. The Hall–Kier alpha value is -1.14. The summed E-state index contributed by atoms with van der Waals surface area (Å²) >= 11 is 1.65. The van der Waals surface area contributed by atoms with Gasteiger partial charge in [0.2, 0.25) is 0 Å². The molecule has 0 fully saturated rings. The van der Waals surface area contributed by atoms with Gasteiger partial charge in [-0.3, -0.25) is 9.78 Å². The van der Waals surface area contributed by atoms with E-state index in [4.69, 9.17) is 0 Å². The maximum atomic E-state index is 11.2. The number of aromatic nitrogens is 2. The molecule has 106 valence electrons. The van der Waals surface area contributed by atoms with Gasteiger partial charge in [0.1, 0.15) is 10.6 Å². The van der Waals surface area contributed by atoms with E-state index in [1.54, 1.807) is 37.3 Å². The molecule has 1 atom stereocenters. The van der Waals surface area contributed by atoms with E-state index in [1.165, 1.54) is 0 Å². The highest BCUT2D eigenvalue weighted by Crippen LogP contribution is 2.19. The summed E-state index contributed by atoms with van der Waals surface area (Å²) in [5, 5.41) is 13.2. The number of nitrogens with zero attached hydrogens (tertiary/aromatic N) is 2. The highest BCUT2D eigenvalue weighted by molar-refractivity contribution is 7.99. The van der Waals surface area contributed by atoms with Crippen molar-refractivity contribution >= 4 is 17.7 Å². The molecule has 19 heavy (non-hydrogen) atoms. The molecule has 2 N–H and O–H groups in total. The predicted octanol–water partition coefficient (Wildman–Crippen LogP) is 2.19. The monoisotopic (exact) mass is 283 g/mol. The lowest BCUT2D eigenvalue weighted by atomic mass is 9.95. The van der Waals surface area contributed by atoms with E-state index in [0.717, 1.165) is 23.6 Å². The Morgan fingerprint density at radius 3 is 2.84 bits per heavy atom. The molecule has 0 aliphatic heterocycles. The summed E-state index contributed by atoms with van der Waals surface area (Å²) in [6.45, 7) is 4.33. The number of carboxylic acid groups (broad SMARTS) is 1. The molecule has 0 spiro atoms. The number of aliphatic carboxylic acids is 1. The van der Waals surface area contributed by atoms with Crippen molar-refractivity contribution in [2.75, 3.05) is 12.3 Å². The lowest BCUT2D eigenvalue weighted by molar-refractivity contribution is -0.144. The van der Waals surface area contributed by atoms with Gasteiger partial charge < -0.3 is 10.4 Å². The lowest BCUT2D eigenvalue weighted by Gasteiger charge is -2.25. The molecule has 0 amide bonds. The Balaban J connectivity index is 2.24. The summed E-state index contributed by atoms with van der Waals surface area (Å²) in [5.74, 6) is 0.150. The fourth-order valence-corrected chi connectivity index (χ4v) is 2.61. The van der Waals surface area contributed by atoms with E-state index in [0.29, 0.717) is 13.0 Å². The topological polar surface area (TPSA) is 75.1 Å². The van der Waals surface area contributed by atoms with Crippen molar-refractivity contribution in [2.24, 2.45) is 0 Å². The first kappa shape index (κ1) is 15.9. The van der Waals surface area contributed by atoms with Crippen molar-refractivity contribution in [3.63, 3.8) is 0 Å². The molecule has 0 saturated heterocycles. The van der Waals surface area contributed by atoms with E-state index in [1.807, 2.05) is 6.92 Å². The quantitative estimate of drug-likeness (QED) is 0.534. The van der Waals surface area contributed by atoms with E-state index in [-0.39, 0.29) is 0 Å². The number of hydrogen-bond donors (Lipinski definition) is 2. The maximum absolute atomic E-state index is 11.2. The maximum Gasteiger partial charge on any atom is 0.323 e. The van der Waals surface area contributed by atoms with E-state index < -0.39 is 11.5 Å². The molecule has 0 bridgehead atoms. The number of carboxylic acids is 1. The number of nitrogens with one attached hydrogen (secondary N) is 1. The molecule has 1 heterocycles. The molecule has 1 aromatic heterocycles. The van der Waals surface area contributed by atoms with E-state index >= 15 is 0 Å². The molecule has 0 radical (unpaired) electrons. The molecule has 1 aromatic rings. The number of unbranched alkanes of at least 4 members (excludes halogenated alkanes) is 1. The fraction of sp³-hybridized carbons (Fsp3) is 0.615. The Morgan fingerprint density at radius 2 is 2.26 bits per heavy atom. The molecule has 5 nitrogen and oxygen atoms in total. The van der Waals surface area contributed by atoms with Gasteiger partial charge >= 0.3 is 5.97 Å². The third-order valence-electron chi connectivity index (χ3n) is 2.90. The van der Waals surface area contributed by atoms with Crippen LogP contribution in [0.15, 0.2) is 23.6 Å². The highest BCUT2D eigenvalue weighted by atomic mass is 32.2. The summed E-state index contributed by atoms with van der Waals surface area (Å²) in [5.41, 5.74) is -0.814. The second kappa shape index (κ2) is 8.12. The predicted molar refractivity (Wildman–Crippen MR) is 76.3 cm³/mol. The number of carbonyl (C=O) groups is 1. The SMILES string of the molecule is CCNC(C)(CCCCSc1cnccn1)C(=O)O. The van der Waals surface area contributed by atoms with Gasteiger partial charge in [0.15, 0.2) is 0 Å². The minimum atomic E-state index is -0.814. The second-order valence-electron chi connectivity index (χ2n) is 4.52. The molecule has 0 aromatic carbocycles. The van der Waals surface area contributed by atoms with Crippen LogP contribution in [0.3, 0.4) is 0 Å². The van der Waals surface area contributed by atoms with Gasteiger partial charge in [0, 0.05) is 12.4 Å². The average molecular weight is 283 g/mol. The summed E-state index contributed by atoms with van der Waals surface area (Å²) in [6.07, 6.45) is 7.55. The third-order valence-corrected chi connectivity index (χ3v) is 3.90. The van der Waals surface area contributed by atoms with Crippen LogP contribution in [0.2, 0.25) is 0 Å². The molecule has 0 saturated carbocycles. The number of likely N-dealkylation sites (N-methyl/N-ethyl adjacent to an activating group) is 1. The van der Waals surface area contributed by atoms with Crippen molar-refractivity contribution in [2.45, 2.75) is 43.7 Å².